The second kappa shape index (κ2) is 6.48. The van der Waals surface area contributed by atoms with Gasteiger partial charge in [0.1, 0.15) is 0 Å². The third kappa shape index (κ3) is 2.68. The number of fused-ring (bicyclic) bond motifs is 1. The van der Waals surface area contributed by atoms with Gasteiger partial charge in [-0.1, -0.05) is 13.0 Å². The molecule has 0 aliphatic carbocycles. The normalized spacial score (nSPS) is 12.2. The summed E-state index contributed by atoms with van der Waals surface area (Å²) in [5.74, 6) is 2.19. The van der Waals surface area contributed by atoms with Crippen LogP contribution in [0.4, 0.5) is 0 Å². The van der Waals surface area contributed by atoms with Crippen LogP contribution in [0.5, 0.6) is 17.2 Å². The molecule has 4 nitrogen and oxygen atoms in total. The third-order valence-corrected chi connectivity index (χ3v) is 4.60. The number of hydrogen-bond donors (Lipinski definition) is 0. The van der Waals surface area contributed by atoms with Gasteiger partial charge in [-0.15, -0.1) is 0 Å². The first-order valence-corrected chi connectivity index (χ1v) is 7.94. The number of ether oxygens (including phenoxy) is 3. The van der Waals surface area contributed by atoms with Crippen LogP contribution in [-0.2, 0) is 7.05 Å². The van der Waals surface area contributed by atoms with E-state index in [0.717, 1.165) is 5.56 Å². The highest BCUT2D eigenvalue weighted by Gasteiger charge is 2.17. The molecule has 3 rings (SSSR count). The van der Waals surface area contributed by atoms with Crippen LogP contribution in [0.2, 0.25) is 0 Å². The molecule has 0 saturated carbocycles. The smallest absolute Gasteiger partial charge is 0.203 e. The van der Waals surface area contributed by atoms with Crippen molar-refractivity contribution in [2.75, 3.05) is 21.3 Å². The van der Waals surface area contributed by atoms with Gasteiger partial charge in [0.05, 0.1) is 21.3 Å². The standard InChI is InChI=1S/C20H23NO3/c1-13(14-6-7-17-15(10-14)8-9-21(17)2)16-11-18(22-3)20(24-5)19(12-16)23-4/h6-13H,1-5H3. The SMILES string of the molecule is COc1cc(C(C)c2ccc3c(ccn3C)c2)cc(OC)c1OC. The lowest BCUT2D eigenvalue weighted by molar-refractivity contribution is 0.323. The number of aryl methyl sites for hydroxylation is 1. The summed E-state index contributed by atoms with van der Waals surface area (Å²) in [6.45, 7) is 2.19. The van der Waals surface area contributed by atoms with Gasteiger partial charge in [-0.2, -0.15) is 0 Å². The summed E-state index contributed by atoms with van der Waals surface area (Å²) >= 11 is 0. The lowest BCUT2D eigenvalue weighted by atomic mass is 9.92. The molecule has 0 N–H and O–H groups in total. The second-order valence-corrected chi connectivity index (χ2v) is 5.93. The first-order chi connectivity index (χ1) is 11.6. The zero-order valence-electron chi connectivity index (χ0n) is 14.8. The summed E-state index contributed by atoms with van der Waals surface area (Å²) in [5.41, 5.74) is 3.61. The van der Waals surface area contributed by atoms with Crippen LogP contribution >= 0.6 is 0 Å². The maximum absolute atomic E-state index is 5.47. The number of benzene rings is 2. The van der Waals surface area contributed by atoms with E-state index >= 15 is 0 Å². The molecule has 0 amide bonds. The summed E-state index contributed by atoms with van der Waals surface area (Å²) in [6.07, 6.45) is 2.08. The quantitative estimate of drug-likeness (QED) is 0.699. The Morgan fingerprint density at radius 1 is 0.833 bits per heavy atom. The van der Waals surface area contributed by atoms with Gasteiger partial charge < -0.3 is 18.8 Å². The molecule has 0 aliphatic heterocycles. The van der Waals surface area contributed by atoms with Crippen molar-refractivity contribution in [3.63, 3.8) is 0 Å². The second-order valence-electron chi connectivity index (χ2n) is 5.93. The molecule has 126 valence electrons. The van der Waals surface area contributed by atoms with Crippen molar-refractivity contribution in [1.29, 1.82) is 0 Å². The molecule has 1 aromatic heterocycles. The molecule has 0 saturated heterocycles. The molecular weight excluding hydrogens is 302 g/mol. The van der Waals surface area contributed by atoms with Crippen LogP contribution in [0.3, 0.4) is 0 Å². The van der Waals surface area contributed by atoms with Crippen LogP contribution in [-0.4, -0.2) is 25.9 Å². The zero-order valence-corrected chi connectivity index (χ0v) is 14.8. The lowest BCUT2D eigenvalue weighted by Gasteiger charge is -2.18. The molecule has 1 atom stereocenters. The first-order valence-electron chi connectivity index (χ1n) is 7.94. The highest BCUT2D eigenvalue weighted by molar-refractivity contribution is 5.81. The predicted octanol–water partition coefficient (Wildman–Crippen LogP) is 4.36. The monoisotopic (exact) mass is 325 g/mol. The third-order valence-electron chi connectivity index (χ3n) is 4.60. The van der Waals surface area contributed by atoms with Crippen molar-refractivity contribution in [3.8, 4) is 17.2 Å². The average molecular weight is 325 g/mol. The minimum atomic E-state index is 0.211. The number of nitrogens with zero attached hydrogens (tertiary/aromatic N) is 1. The summed E-state index contributed by atoms with van der Waals surface area (Å²) in [5, 5.41) is 1.24. The van der Waals surface area contributed by atoms with E-state index in [0.29, 0.717) is 17.2 Å². The Kier molecular flexibility index (Phi) is 4.38. The van der Waals surface area contributed by atoms with Gasteiger partial charge in [0.15, 0.2) is 11.5 Å². The van der Waals surface area contributed by atoms with E-state index in [1.54, 1.807) is 21.3 Å². The van der Waals surface area contributed by atoms with E-state index in [4.69, 9.17) is 14.2 Å². The summed E-state index contributed by atoms with van der Waals surface area (Å²) in [7, 11) is 6.96. The summed E-state index contributed by atoms with van der Waals surface area (Å²) in [6, 6.07) is 12.8. The molecule has 0 aliphatic rings. The van der Waals surface area contributed by atoms with Crippen molar-refractivity contribution in [1.82, 2.24) is 4.57 Å². The summed E-state index contributed by atoms with van der Waals surface area (Å²) < 4.78 is 18.5. The van der Waals surface area contributed by atoms with Crippen LogP contribution < -0.4 is 14.2 Å². The lowest BCUT2D eigenvalue weighted by Crippen LogP contribution is -2.01. The molecule has 2 aromatic carbocycles. The van der Waals surface area contributed by atoms with Crippen molar-refractivity contribution in [2.45, 2.75) is 12.8 Å². The van der Waals surface area contributed by atoms with Gasteiger partial charge >= 0.3 is 0 Å². The van der Waals surface area contributed by atoms with E-state index < -0.39 is 0 Å². The van der Waals surface area contributed by atoms with E-state index in [2.05, 4.69) is 49.0 Å². The van der Waals surface area contributed by atoms with Crippen molar-refractivity contribution in [2.24, 2.45) is 7.05 Å². The molecule has 1 unspecified atom stereocenters. The van der Waals surface area contributed by atoms with Crippen molar-refractivity contribution in [3.05, 3.63) is 53.7 Å². The fourth-order valence-electron chi connectivity index (χ4n) is 3.11. The molecule has 1 heterocycles. The number of methoxy groups -OCH3 is 3. The number of rotatable bonds is 5. The predicted molar refractivity (Wildman–Crippen MR) is 96.5 cm³/mol. The van der Waals surface area contributed by atoms with Gasteiger partial charge in [0, 0.05) is 24.7 Å². The van der Waals surface area contributed by atoms with Crippen LogP contribution in [0.1, 0.15) is 24.0 Å². The van der Waals surface area contributed by atoms with Crippen LogP contribution in [0.25, 0.3) is 10.9 Å². The fourth-order valence-corrected chi connectivity index (χ4v) is 3.11. The zero-order chi connectivity index (χ0) is 17.3. The molecule has 0 radical (unpaired) electrons. The van der Waals surface area contributed by atoms with E-state index in [-0.39, 0.29) is 5.92 Å². The van der Waals surface area contributed by atoms with Gasteiger partial charge in [-0.3, -0.25) is 0 Å². The van der Waals surface area contributed by atoms with E-state index in [9.17, 15) is 0 Å². The Bertz CT molecular complexity index is 841. The van der Waals surface area contributed by atoms with Gasteiger partial charge in [-0.25, -0.2) is 0 Å². The largest absolute Gasteiger partial charge is 0.493 e. The highest BCUT2D eigenvalue weighted by Crippen LogP contribution is 2.41. The van der Waals surface area contributed by atoms with E-state index in [1.807, 2.05) is 12.1 Å². The molecule has 0 bridgehead atoms. The van der Waals surface area contributed by atoms with Crippen LogP contribution in [0, 0.1) is 0 Å². The Labute approximate surface area is 142 Å². The van der Waals surface area contributed by atoms with Crippen LogP contribution in [0.15, 0.2) is 42.6 Å². The van der Waals surface area contributed by atoms with Crippen molar-refractivity contribution >= 4 is 10.9 Å². The molecular formula is C20H23NO3. The molecule has 3 aromatic rings. The Morgan fingerprint density at radius 2 is 1.50 bits per heavy atom. The highest BCUT2D eigenvalue weighted by atomic mass is 16.5. The Hall–Kier alpha value is -2.62. The Morgan fingerprint density at radius 3 is 2.08 bits per heavy atom. The molecule has 24 heavy (non-hydrogen) atoms. The molecule has 0 fully saturated rings. The van der Waals surface area contributed by atoms with Crippen molar-refractivity contribution < 1.29 is 14.2 Å². The molecule has 4 heteroatoms. The van der Waals surface area contributed by atoms with Gasteiger partial charge in [-0.05, 0) is 46.8 Å². The summed E-state index contributed by atoms with van der Waals surface area (Å²) in [4.78, 5) is 0. The number of aromatic nitrogens is 1. The minimum absolute atomic E-state index is 0.211. The maximum Gasteiger partial charge on any atom is 0.203 e. The number of hydrogen-bond acceptors (Lipinski definition) is 3. The first kappa shape index (κ1) is 16.2. The van der Waals surface area contributed by atoms with E-state index in [1.165, 1.54) is 16.5 Å². The van der Waals surface area contributed by atoms with Gasteiger partial charge in [0.2, 0.25) is 5.75 Å². The fraction of sp³-hybridized carbons (Fsp3) is 0.300. The maximum atomic E-state index is 5.47. The Balaban J connectivity index is 2.05. The molecule has 0 spiro atoms. The average Bonchev–Trinajstić information content (AvgIpc) is 3.00. The topological polar surface area (TPSA) is 32.6 Å². The van der Waals surface area contributed by atoms with Gasteiger partial charge in [0.25, 0.3) is 0 Å². The minimum Gasteiger partial charge on any atom is -0.493 e.